The second kappa shape index (κ2) is 7.46. The molecule has 9 heteroatoms. The van der Waals surface area contributed by atoms with Crippen LogP contribution in [0.3, 0.4) is 0 Å². The van der Waals surface area contributed by atoms with E-state index in [9.17, 15) is 31.1 Å². The number of benzene rings is 2. The van der Waals surface area contributed by atoms with E-state index in [4.69, 9.17) is 9.47 Å². The molecule has 0 bridgehead atoms. The second-order valence-electron chi connectivity index (χ2n) is 6.39. The highest BCUT2D eigenvalue weighted by Gasteiger charge is 2.38. The number of hydrogen-bond acceptors (Lipinski definition) is 3. The maximum absolute atomic E-state index is 13.2. The predicted molar refractivity (Wildman–Crippen MR) is 91.5 cm³/mol. The molecule has 0 spiro atoms. The highest BCUT2D eigenvalue weighted by Crippen LogP contribution is 2.39. The van der Waals surface area contributed by atoms with Crippen LogP contribution in [0.2, 0.25) is 0 Å². The van der Waals surface area contributed by atoms with Crippen LogP contribution in [0.25, 0.3) is 6.08 Å². The molecule has 3 rings (SSSR count). The summed E-state index contributed by atoms with van der Waals surface area (Å²) in [4.78, 5) is 10.8. The van der Waals surface area contributed by atoms with Crippen molar-refractivity contribution in [2.45, 2.75) is 25.9 Å². The van der Waals surface area contributed by atoms with Crippen molar-refractivity contribution in [1.29, 1.82) is 0 Å². The first kappa shape index (κ1) is 20.8. The summed E-state index contributed by atoms with van der Waals surface area (Å²) in [5, 5.41) is 0. The Bertz CT molecular complexity index is 973. The molecule has 29 heavy (non-hydrogen) atoms. The Kier molecular flexibility index (Phi) is 5.34. The zero-order valence-corrected chi connectivity index (χ0v) is 14.9. The van der Waals surface area contributed by atoms with Crippen LogP contribution in [0.1, 0.15) is 27.8 Å². The fraction of sp³-hybridized carbons (Fsp3) is 0.250. The number of aldehydes is 1. The van der Waals surface area contributed by atoms with Crippen molar-refractivity contribution in [2.24, 2.45) is 0 Å². The Hall–Kier alpha value is -2.97. The van der Waals surface area contributed by atoms with Crippen LogP contribution in [-0.4, -0.2) is 12.9 Å². The molecular formula is C20H14F6O3. The van der Waals surface area contributed by atoms with Crippen LogP contribution in [0.15, 0.2) is 35.9 Å². The zero-order chi connectivity index (χ0) is 21.4. The molecule has 0 N–H and O–H groups in total. The lowest BCUT2D eigenvalue weighted by molar-refractivity contribution is -0.143. The monoisotopic (exact) mass is 416 g/mol. The molecule has 0 amide bonds. The number of alkyl halides is 6. The SMILES string of the molecule is Cc1c(OCc2ccc(C(F)(F)F)cc2C(F)(F)F)ccc2c1OCC(C=O)=C2. The van der Waals surface area contributed by atoms with Gasteiger partial charge in [0, 0.05) is 22.3 Å². The van der Waals surface area contributed by atoms with Gasteiger partial charge in [-0.15, -0.1) is 0 Å². The number of rotatable bonds is 4. The van der Waals surface area contributed by atoms with Crippen LogP contribution in [0, 0.1) is 6.92 Å². The first-order valence-electron chi connectivity index (χ1n) is 8.33. The molecular weight excluding hydrogens is 402 g/mol. The molecule has 1 aliphatic heterocycles. The molecule has 154 valence electrons. The number of carbonyl (C=O) groups is 1. The van der Waals surface area contributed by atoms with Crippen molar-refractivity contribution in [3.05, 3.63) is 63.7 Å². The maximum atomic E-state index is 13.2. The minimum atomic E-state index is -4.97. The zero-order valence-electron chi connectivity index (χ0n) is 14.9. The average molecular weight is 416 g/mol. The largest absolute Gasteiger partial charge is 0.488 e. The van der Waals surface area contributed by atoms with Gasteiger partial charge in [-0.05, 0) is 37.3 Å². The van der Waals surface area contributed by atoms with Crippen molar-refractivity contribution in [1.82, 2.24) is 0 Å². The van der Waals surface area contributed by atoms with E-state index >= 15 is 0 Å². The molecule has 2 aromatic carbocycles. The molecule has 0 fully saturated rings. The van der Waals surface area contributed by atoms with Crippen LogP contribution < -0.4 is 9.47 Å². The Morgan fingerprint density at radius 2 is 1.79 bits per heavy atom. The number of ether oxygens (including phenoxy) is 2. The van der Waals surface area contributed by atoms with Gasteiger partial charge in [0.15, 0.2) is 0 Å². The molecule has 0 radical (unpaired) electrons. The van der Waals surface area contributed by atoms with E-state index in [-0.39, 0.29) is 18.4 Å². The number of fused-ring (bicyclic) bond motifs is 1. The van der Waals surface area contributed by atoms with E-state index in [2.05, 4.69) is 0 Å². The third kappa shape index (κ3) is 4.38. The van der Waals surface area contributed by atoms with E-state index in [0.29, 0.717) is 34.8 Å². The summed E-state index contributed by atoms with van der Waals surface area (Å²) in [6, 6.07) is 4.50. The summed E-state index contributed by atoms with van der Waals surface area (Å²) in [6.07, 6.45) is -7.57. The van der Waals surface area contributed by atoms with Crippen molar-refractivity contribution in [3.8, 4) is 11.5 Å². The third-order valence-corrected chi connectivity index (χ3v) is 4.39. The van der Waals surface area contributed by atoms with E-state index in [1.165, 1.54) is 6.07 Å². The van der Waals surface area contributed by atoms with Gasteiger partial charge < -0.3 is 9.47 Å². The summed E-state index contributed by atoms with van der Waals surface area (Å²) in [7, 11) is 0. The van der Waals surface area contributed by atoms with Gasteiger partial charge in [-0.2, -0.15) is 26.3 Å². The molecule has 0 saturated heterocycles. The van der Waals surface area contributed by atoms with Gasteiger partial charge in [-0.1, -0.05) is 6.07 Å². The van der Waals surface area contributed by atoms with Crippen molar-refractivity contribution >= 4 is 12.4 Å². The van der Waals surface area contributed by atoms with Gasteiger partial charge in [-0.25, -0.2) is 0 Å². The first-order chi connectivity index (χ1) is 13.5. The lowest BCUT2D eigenvalue weighted by Gasteiger charge is -2.20. The van der Waals surface area contributed by atoms with E-state index in [1.54, 1.807) is 19.1 Å². The number of hydrogen-bond donors (Lipinski definition) is 0. The van der Waals surface area contributed by atoms with Crippen LogP contribution in [0.4, 0.5) is 26.3 Å². The molecule has 0 aliphatic carbocycles. The minimum Gasteiger partial charge on any atom is -0.488 e. The van der Waals surface area contributed by atoms with Crippen molar-refractivity contribution in [3.63, 3.8) is 0 Å². The van der Waals surface area contributed by atoms with Crippen LogP contribution in [-0.2, 0) is 23.8 Å². The van der Waals surface area contributed by atoms with Gasteiger partial charge in [0.05, 0.1) is 11.1 Å². The lowest BCUT2D eigenvalue weighted by atomic mass is 10.0. The Morgan fingerprint density at radius 3 is 2.41 bits per heavy atom. The van der Waals surface area contributed by atoms with Gasteiger partial charge in [0.1, 0.15) is 31.0 Å². The highest BCUT2D eigenvalue weighted by molar-refractivity contribution is 5.84. The first-order valence-corrected chi connectivity index (χ1v) is 8.33. The summed E-state index contributed by atoms with van der Waals surface area (Å²) in [5.41, 5.74) is -1.66. The molecule has 0 unspecified atom stereocenters. The summed E-state index contributed by atoms with van der Waals surface area (Å²) in [5.74, 6) is 0.649. The van der Waals surface area contributed by atoms with Crippen LogP contribution >= 0.6 is 0 Å². The molecule has 3 nitrogen and oxygen atoms in total. The smallest absolute Gasteiger partial charge is 0.416 e. The molecule has 0 saturated carbocycles. The quantitative estimate of drug-likeness (QED) is 0.482. The Labute approximate surface area is 161 Å². The molecule has 2 aromatic rings. The lowest BCUT2D eigenvalue weighted by Crippen LogP contribution is -2.15. The molecule has 1 aliphatic rings. The third-order valence-electron chi connectivity index (χ3n) is 4.39. The normalized spacial score (nSPS) is 14.0. The molecule has 0 aromatic heterocycles. The van der Waals surface area contributed by atoms with E-state index in [1.807, 2.05) is 0 Å². The molecule has 0 atom stereocenters. The van der Waals surface area contributed by atoms with Gasteiger partial charge in [0.2, 0.25) is 0 Å². The minimum absolute atomic E-state index is 0.0535. The van der Waals surface area contributed by atoms with Gasteiger partial charge in [-0.3, -0.25) is 4.79 Å². The van der Waals surface area contributed by atoms with Crippen LogP contribution in [0.5, 0.6) is 11.5 Å². The maximum Gasteiger partial charge on any atom is 0.416 e. The fourth-order valence-electron chi connectivity index (χ4n) is 2.92. The van der Waals surface area contributed by atoms with Crippen molar-refractivity contribution in [2.75, 3.05) is 6.61 Å². The Morgan fingerprint density at radius 1 is 1.07 bits per heavy atom. The summed E-state index contributed by atoms with van der Waals surface area (Å²) >= 11 is 0. The fourth-order valence-corrected chi connectivity index (χ4v) is 2.92. The second-order valence-corrected chi connectivity index (χ2v) is 6.39. The summed E-state index contributed by atoms with van der Waals surface area (Å²) < 4.78 is 89.0. The highest BCUT2D eigenvalue weighted by atomic mass is 19.4. The topological polar surface area (TPSA) is 35.5 Å². The average Bonchev–Trinajstić information content (AvgIpc) is 2.65. The number of carbonyl (C=O) groups excluding carboxylic acids is 1. The van der Waals surface area contributed by atoms with Gasteiger partial charge >= 0.3 is 12.4 Å². The van der Waals surface area contributed by atoms with Gasteiger partial charge in [0.25, 0.3) is 0 Å². The van der Waals surface area contributed by atoms with Crippen molar-refractivity contribution < 1.29 is 40.6 Å². The summed E-state index contributed by atoms with van der Waals surface area (Å²) in [6.45, 7) is 1.10. The standard InChI is InChI=1S/C20H14F6O3/c1-11-17(5-3-13-6-12(8-27)9-29-18(11)13)28-10-14-2-4-15(19(21,22)23)7-16(14)20(24,25)26/h2-8H,9-10H2,1H3. The predicted octanol–water partition coefficient (Wildman–Crippen LogP) is 5.59. The Balaban J connectivity index is 1.89. The van der Waals surface area contributed by atoms with E-state index in [0.717, 1.165) is 6.07 Å². The molecule has 1 heterocycles. The van der Waals surface area contributed by atoms with E-state index < -0.39 is 35.6 Å². The number of halogens is 6.